The molecule has 2 fully saturated rings. The Morgan fingerprint density at radius 3 is 2.33 bits per heavy atom. The molecule has 0 radical (unpaired) electrons. The summed E-state index contributed by atoms with van der Waals surface area (Å²) < 4.78 is 0. The minimum absolute atomic E-state index is 0. The van der Waals surface area contributed by atoms with Gasteiger partial charge in [0.25, 0.3) is 0 Å². The zero-order chi connectivity index (χ0) is 16.3. The molecule has 1 amide bonds. The van der Waals surface area contributed by atoms with Crippen LogP contribution >= 0.6 is 12.4 Å². The number of rotatable bonds is 6. The summed E-state index contributed by atoms with van der Waals surface area (Å²) in [5, 5.41) is 3.68. The molecule has 24 heavy (non-hydrogen) atoms. The minimum atomic E-state index is -0.0978. The normalized spacial score (nSPS) is 19.0. The first-order chi connectivity index (χ1) is 11.0. The fraction of sp³-hybridized carbons (Fsp3) is 0.650. The van der Waals surface area contributed by atoms with Crippen molar-refractivity contribution >= 4 is 18.3 Å². The first kappa shape index (κ1) is 19.3. The Morgan fingerprint density at radius 1 is 1.12 bits per heavy atom. The van der Waals surface area contributed by atoms with Crippen LogP contribution in [0.15, 0.2) is 30.3 Å². The van der Waals surface area contributed by atoms with E-state index in [0.29, 0.717) is 18.4 Å². The van der Waals surface area contributed by atoms with Crippen LogP contribution in [-0.4, -0.2) is 36.5 Å². The number of carbonyl (C=O) groups is 1. The topological polar surface area (TPSA) is 32.3 Å². The van der Waals surface area contributed by atoms with Crippen molar-refractivity contribution in [2.45, 2.75) is 57.4 Å². The molecule has 1 saturated heterocycles. The van der Waals surface area contributed by atoms with E-state index in [2.05, 4.69) is 48.3 Å². The Labute approximate surface area is 152 Å². The lowest BCUT2D eigenvalue weighted by atomic mass is 9.81. The third-order valence-corrected chi connectivity index (χ3v) is 5.39. The predicted octanol–water partition coefficient (Wildman–Crippen LogP) is 3.77. The van der Waals surface area contributed by atoms with Crippen LogP contribution in [0.4, 0.5) is 0 Å². The summed E-state index contributed by atoms with van der Waals surface area (Å²) in [5.74, 6) is 1.24. The van der Waals surface area contributed by atoms with Gasteiger partial charge in [-0.1, -0.05) is 44.2 Å². The molecule has 3 rings (SSSR count). The van der Waals surface area contributed by atoms with Gasteiger partial charge in [0.2, 0.25) is 5.91 Å². The van der Waals surface area contributed by atoms with E-state index in [1.165, 1.54) is 24.9 Å². The quantitative estimate of drug-likeness (QED) is 0.847. The van der Waals surface area contributed by atoms with E-state index in [9.17, 15) is 4.79 Å². The number of nitrogens with one attached hydrogen (secondary N) is 1. The second-order valence-corrected chi connectivity index (χ2v) is 7.93. The van der Waals surface area contributed by atoms with Crippen LogP contribution in [0.3, 0.4) is 0 Å². The van der Waals surface area contributed by atoms with Crippen LogP contribution in [-0.2, 0) is 10.2 Å². The van der Waals surface area contributed by atoms with Gasteiger partial charge in [0.05, 0.1) is 0 Å². The number of hydrogen-bond acceptors (Lipinski definition) is 2. The van der Waals surface area contributed by atoms with E-state index in [1.54, 1.807) is 0 Å². The molecule has 1 aromatic carbocycles. The van der Waals surface area contributed by atoms with Gasteiger partial charge < -0.3 is 10.2 Å². The molecule has 134 valence electrons. The number of likely N-dealkylation sites (tertiary alicyclic amines) is 1. The first-order valence-corrected chi connectivity index (χ1v) is 9.11. The molecule has 3 nitrogen and oxygen atoms in total. The summed E-state index contributed by atoms with van der Waals surface area (Å²) in [4.78, 5) is 14.7. The molecule has 0 aromatic heterocycles. The average Bonchev–Trinajstić information content (AvgIpc) is 3.38. The average molecular weight is 351 g/mol. The third-order valence-electron chi connectivity index (χ3n) is 5.39. The highest BCUT2D eigenvalue weighted by molar-refractivity contribution is 5.85. The summed E-state index contributed by atoms with van der Waals surface area (Å²) in [6, 6.07) is 11.0. The summed E-state index contributed by atoms with van der Waals surface area (Å²) >= 11 is 0. The van der Waals surface area contributed by atoms with Crippen LogP contribution in [0.2, 0.25) is 0 Å². The lowest BCUT2D eigenvalue weighted by Gasteiger charge is -2.35. The monoisotopic (exact) mass is 350 g/mol. The van der Waals surface area contributed by atoms with Crippen LogP contribution in [0.1, 0.15) is 51.5 Å². The van der Waals surface area contributed by atoms with Crippen LogP contribution in [0.25, 0.3) is 0 Å². The highest BCUT2D eigenvalue weighted by Gasteiger charge is 2.30. The molecular formula is C20H31ClN2O. The van der Waals surface area contributed by atoms with Crippen LogP contribution in [0, 0.1) is 5.92 Å². The van der Waals surface area contributed by atoms with Gasteiger partial charge in [0.15, 0.2) is 0 Å². The van der Waals surface area contributed by atoms with Gasteiger partial charge in [-0.15, -0.1) is 12.4 Å². The summed E-state index contributed by atoms with van der Waals surface area (Å²) in [6.07, 6.45) is 5.60. The number of benzene rings is 1. The van der Waals surface area contributed by atoms with E-state index in [0.717, 1.165) is 31.8 Å². The summed E-state index contributed by atoms with van der Waals surface area (Å²) in [6.45, 7) is 7.34. The van der Waals surface area contributed by atoms with Crippen molar-refractivity contribution in [3.8, 4) is 0 Å². The Morgan fingerprint density at radius 2 is 1.75 bits per heavy atom. The molecule has 1 aromatic rings. The molecule has 2 aliphatic rings. The fourth-order valence-corrected chi connectivity index (χ4v) is 3.47. The lowest BCUT2D eigenvalue weighted by Crippen LogP contribution is -2.46. The number of nitrogens with zero attached hydrogens (tertiary/aromatic N) is 1. The SMILES string of the molecule is CC(C)(CC(=O)N1CCC(NCC2CC2)CC1)c1ccccc1.Cl. The number of hydrogen-bond donors (Lipinski definition) is 1. The summed E-state index contributed by atoms with van der Waals surface area (Å²) in [5.41, 5.74) is 1.15. The van der Waals surface area contributed by atoms with Crippen molar-refractivity contribution in [1.29, 1.82) is 0 Å². The highest BCUT2D eigenvalue weighted by atomic mass is 35.5. The lowest BCUT2D eigenvalue weighted by molar-refractivity contribution is -0.133. The number of piperidine rings is 1. The van der Waals surface area contributed by atoms with Gasteiger partial charge in [-0.3, -0.25) is 4.79 Å². The van der Waals surface area contributed by atoms with Crippen molar-refractivity contribution in [3.63, 3.8) is 0 Å². The Balaban J connectivity index is 0.00000208. The van der Waals surface area contributed by atoms with Crippen LogP contribution in [0.5, 0.6) is 0 Å². The van der Waals surface area contributed by atoms with E-state index >= 15 is 0 Å². The molecule has 1 aliphatic carbocycles. The van der Waals surface area contributed by atoms with E-state index in [1.807, 2.05) is 6.07 Å². The Bertz CT molecular complexity index is 520. The zero-order valence-corrected chi connectivity index (χ0v) is 15.8. The number of halogens is 1. The Hall–Kier alpha value is -1.06. The molecule has 0 bridgehead atoms. The number of carbonyl (C=O) groups excluding carboxylic acids is 1. The first-order valence-electron chi connectivity index (χ1n) is 9.11. The van der Waals surface area contributed by atoms with Gasteiger partial charge >= 0.3 is 0 Å². The third kappa shape index (κ3) is 5.22. The Kier molecular flexibility index (Phi) is 6.70. The largest absolute Gasteiger partial charge is 0.343 e. The maximum atomic E-state index is 12.7. The standard InChI is InChI=1S/C20H30N2O.ClH/c1-20(2,17-6-4-3-5-7-17)14-19(23)22-12-10-18(11-13-22)21-15-16-8-9-16;/h3-7,16,18,21H,8-15H2,1-2H3;1H. The molecule has 0 spiro atoms. The highest BCUT2D eigenvalue weighted by Crippen LogP contribution is 2.29. The number of amides is 1. The fourth-order valence-electron chi connectivity index (χ4n) is 3.47. The predicted molar refractivity (Wildman–Crippen MR) is 102 cm³/mol. The molecule has 0 unspecified atom stereocenters. The van der Waals surface area contributed by atoms with Crippen molar-refractivity contribution in [2.24, 2.45) is 5.92 Å². The molecule has 1 aliphatic heterocycles. The maximum absolute atomic E-state index is 12.7. The molecule has 1 N–H and O–H groups in total. The van der Waals surface area contributed by atoms with Gasteiger partial charge in [-0.25, -0.2) is 0 Å². The van der Waals surface area contributed by atoms with Gasteiger partial charge in [-0.2, -0.15) is 0 Å². The molecule has 1 heterocycles. The van der Waals surface area contributed by atoms with Crippen molar-refractivity contribution < 1.29 is 4.79 Å². The van der Waals surface area contributed by atoms with Gasteiger partial charge in [-0.05, 0) is 49.1 Å². The van der Waals surface area contributed by atoms with Crippen molar-refractivity contribution in [3.05, 3.63) is 35.9 Å². The molecule has 4 heteroatoms. The molecule has 1 saturated carbocycles. The van der Waals surface area contributed by atoms with Gasteiger partial charge in [0.1, 0.15) is 0 Å². The maximum Gasteiger partial charge on any atom is 0.223 e. The molecule has 0 atom stereocenters. The van der Waals surface area contributed by atoms with Crippen molar-refractivity contribution in [1.82, 2.24) is 10.2 Å². The second-order valence-electron chi connectivity index (χ2n) is 7.93. The summed E-state index contributed by atoms with van der Waals surface area (Å²) in [7, 11) is 0. The van der Waals surface area contributed by atoms with E-state index in [4.69, 9.17) is 0 Å². The zero-order valence-electron chi connectivity index (χ0n) is 15.0. The van der Waals surface area contributed by atoms with Gasteiger partial charge in [0, 0.05) is 25.6 Å². The smallest absolute Gasteiger partial charge is 0.223 e. The van der Waals surface area contributed by atoms with E-state index < -0.39 is 0 Å². The van der Waals surface area contributed by atoms with E-state index in [-0.39, 0.29) is 17.8 Å². The molecular weight excluding hydrogens is 320 g/mol. The van der Waals surface area contributed by atoms with Crippen molar-refractivity contribution in [2.75, 3.05) is 19.6 Å². The minimum Gasteiger partial charge on any atom is -0.343 e. The second kappa shape index (κ2) is 8.35. The van der Waals surface area contributed by atoms with Crippen LogP contribution < -0.4 is 5.32 Å².